The molecule has 0 atom stereocenters. The maximum atomic E-state index is 12.7. The van der Waals surface area contributed by atoms with Gasteiger partial charge in [0.05, 0.1) is 23.0 Å². The number of hydrogen-bond acceptors (Lipinski definition) is 5. The third kappa shape index (κ3) is 3.42. The van der Waals surface area contributed by atoms with E-state index in [1.807, 2.05) is 35.9 Å². The van der Waals surface area contributed by atoms with Crippen LogP contribution in [0.3, 0.4) is 0 Å². The van der Waals surface area contributed by atoms with Crippen LogP contribution in [0, 0.1) is 6.92 Å². The van der Waals surface area contributed by atoms with Gasteiger partial charge in [0.25, 0.3) is 5.56 Å². The zero-order chi connectivity index (χ0) is 20.5. The maximum Gasteiger partial charge on any atom is 0.261 e. The molecule has 5 rings (SSSR count). The number of nitrogens with zero attached hydrogens (tertiary/aromatic N) is 3. The monoisotopic (exact) mass is 416 g/mol. The normalized spacial score (nSPS) is 11.2. The van der Waals surface area contributed by atoms with E-state index < -0.39 is 0 Å². The Hall–Kier alpha value is -3.65. The number of H-pyrrole nitrogens is 2. The van der Waals surface area contributed by atoms with Crippen molar-refractivity contribution in [3.05, 3.63) is 81.4 Å². The van der Waals surface area contributed by atoms with Crippen LogP contribution >= 0.6 is 11.3 Å². The van der Waals surface area contributed by atoms with Crippen molar-refractivity contribution in [1.82, 2.24) is 24.5 Å². The molecule has 0 amide bonds. The molecule has 7 nitrogen and oxygen atoms in total. The number of aromatic nitrogens is 5. The summed E-state index contributed by atoms with van der Waals surface area (Å²) < 4.78 is 1.94. The van der Waals surface area contributed by atoms with Gasteiger partial charge in [0.2, 0.25) is 0 Å². The van der Waals surface area contributed by atoms with Gasteiger partial charge >= 0.3 is 0 Å². The van der Waals surface area contributed by atoms with Gasteiger partial charge in [0, 0.05) is 35.7 Å². The van der Waals surface area contributed by atoms with E-state index in [-0.39, 0.29) is 5.56 Å². The Morgan fingerprint density at radius 2 is 2.20 bits per heavy atom. The first-order valence-electron chi connectivity index (χ1n) is 9.66. The number of imidazole rings is 2. The van der Waals surface area contributed by atoms with Crippen molar-refractivity contribution in [2.45, 2.75) is 13.3 Å². The number of benzene rings is 1. The van der Waals surface area contributed by atoms with Crippen LogP contribution in [-0.2, 0) is 6.42 Å². The molecular weight excluding hydrogens is 396 g/mol. The molecule has 0 unspecified atom stereocenters. The Morgan fingerprint density at radius 1 is 1.27 bits per heavy atom. The van der Waals surface area contributed by atoms with Gasteiger partial charge in [-0.25, -0.2) is 9.97 Å². The average Bonchev–Trinajstić information content (AvgIpc) is 3.49. The summed E-state index contributed by atoms with van der Waals surface area (Å²) >= 11 is 1.73. The highest BCUT2D eigenvalue weighted by molar-refractivity contribution is 7.09. The highest BCUT2D eigenvalue weighted by atomic mass is 32.1. The lowest BCUT2D eigenvalue weighted by Crippen LogP contribution is -2.14. The summed E-state index contributed by atoms with van der Waals surface area (Å²) in [5, 5.41) is 5.47. The minimum Gasteiger partial charge on any atom is -0.384 e. The summed E-state index contributed by atoms with van der Waals surface area (Å²) in [6.07, 6.45) is 7.96. The van der Waals surface area contributed by atoms with E-state index in [2.05, 4.69) is 37.8 Å². The van der Waals surface area contributed by atoms with Crippen LogP contribution in [0.4, 0.5) is 5.69 Å². The first-order chi connectivity index (χ1) is 14.7. The van der Waals surface area contributed by atoms with Crippen molar-refractivity contribution in [2.75, 3.05) is 11.9 Å². The molecule has 4 heterocycles. The molecule has 0 aliphatic heterocycles. The highest BCUT2D eigenvalue weighted by Crippen LogP contribution is 2.27. The number of rotatable bonds is 6. The molecule has 0 fully saturated rings. The number of nitrogens with one attached hydrogen (secondary N) is 3. The SMILES string of the molecule is Cc1cc(-n2ccnc2)cc2[nH]c(-c3c(NCCc4cccs4)cc[nH]c3=O)nc12. The van der Waals surface area contributed by atoms with Crippen LogP contribution in [-0.4, -0.2) is 31.0 Å². The van der Waals surface area contributed by atoms with E-state index in [1.54, 1.807) is 30.1 Å². The number of aryl methyl sites for hydroxylation is 1. The van der Waals surface area contributed by atoms with Crippen molar-refractivity contribution < 1.29 is 0 Å². The summed E-state index contributed by atoms with van der Waals surface area (Å²) in [7, 11) is 0. The lowest BCUT2D eigenvalue weighted by molar-refractivity contribution is 1.04. The second-order valence-corrected chi connectivity index (χ2v) is 8.10. The molecule has 150 valence electrons. The third-order valence-electron chi connectivity index (χ3n) is 5.03. The van der Waals surface area contributed by atoms with Crippen molar-refractivity contribution in [1.29, 1.82) is 0 Å². The molecule has 0 radical (unpaired) electrons. The van der Waals surface area contributed by atoms with Gasteiger partial charge < -0.3 is 19.9 Å². The fourth-order valence-electron chi connectivity index (χ4n) is 3.59. The van der Waals surface area contributed by atoms with E-state index in [0.29, 0.717) is 11.4 Å². The molecule has 8 heteroatoms. The minimum atomic E-state index is -0.178. The standard InChI is InChI=1S/C22H20N6OS/c1-14-11-15(28-9-8-23-13-28)12-18-20(14)27-21(26-18)19-17(5-7-25-22(19)29)24-6-4-16-3-2-10-30-16/h2-3,5,7-13H,4,6H2,1H3,(H,26,27)(H2,24,25,29). The molecular formula is C22H20N6OS. The van der Waals surface area contributed by atoms with Crippen molar-refractivity contribution in [3.8, 4) is 17.1 Å². The van der Waals surface area contributed by atoms with Crippen LogP contribution < -0.4 is 10.9 Å². The van der Waals surface area contributed by atoms with Gasteiger partial charge in [-0.15, -0.1) is 11.3 Å². The molecule has 3 N–H and O–H groups in total. The Kier molecular flexibility index (Phi) is 4.68. The Morgan fingerprint density at radius 3 is 3.00 bits per heavy atom. The molecule has 0 saturated heterocycles. The number of aromatic amines is 2. The van der Waals surface area contributed by atoms with Crippen LogP contribution in [0.25, 0.3) is 28.1 Å². The number of hydrogen-bond donors (Lipinski definition) is 3. The third-order valence-corrected chi connectivity index (χ3v) is 5.97. The fourth-order valence-corrected chi connectivity index (χ4v) is 4.30. The molecule has 5 aromatic rings. The molecule has 0 spiro atoms. The van der Waals surface area contributed by atoms with Gasteiger partial charge in [-0.1, -0.05) is 6.07 Å². The van der Waals surface area contributed by atoms with Crippen LogP contribution in [0.2, 0.25) is 0 Å². The maximum absolute atomic E-state index is 12.7. The molecule has 1 aromatic carbocycles. The summed E-state index contributed by atoms with van der Waals surface area (Å²) in [6, 6.07) is 10.1. The smallest absolute Gasteiger partial charge is 0.261 e. The first kappa shape index (κ1) is 18.4. The predicted octanol–water partition coefficient (Wildman–Crippen LogP) is 4.13. The minimum absolute atomic E-state index is 0.178. The summed E-state index contributed by atoms with van der Waals surface area (Å²) in [5.74, 6) is 0.552. The van der Waals surface area contributed by atoms with E-state index in [0.717, 1.165) is 40.9 Å². The van der Waals surface area contributed by atoms with Crippen LogP contribution in [0.1, 0.15) is 10.4 Å². The second kappa shape index (κ2) is 7.64. The van der Waals surface area contributed by atoms with E-state index in [4.69, 9.17) is 4.98 Å². The first-order valence-corrected chi connectivity index (χ1v) is 10.5. The van der Waals surface area contributed by atoms with Gasteiger partial charge in [0.1, 0.15) is 11.4 Å². The summed E-state index contributed by atoms with van der Waals surface area (Å²) in [4.78, 5) is 29.0. The highest BCUT2D eigenvalue weighted by Gasteiger charge is 2.16. The second-order valence-electron chi connectivity index (χ2n) is 7.07. The quantitative estimate of drug-likeness (QED) is 0.388. The number of anilines is 1. The molecule has 0 aliphatic carbocycles. The Labute approximate surface area is 176 Å². The van der Waals surface area contributed by atoms with Gasteiger partial charge in [-0.05, 0) is 48.6 Å². The van der Waals surface area contributed by atoms with E-state index in [1.165, 1.54) is 4.88 Å². The van der Waals surface area contributed by atoms with Crippen molar-refractivity contribution in [3.63, 3.8) is 0 Å². The molecule has 30 heavy (non-hydrogen) atoms. The largest absolute Gasteiger partial charge is 0.384 e. The average molecular weight is 417 g/mol. The predicted molar refractivity (Wildman–Crippen MR) is 121 cm³/mol. The topological polar surface area (TPSA) is 91.4 Å². The lowest BCUT2D eigenvalue weighted by atomic mass is 10.2. The van der Waals surface area contributed by atoms with Gasteiger partial charge in [-0.2, -0.15) is 0 Å². The molecule has 0 saturated carbocycles. The Bertz CT molecular complexity index is 1350. The van der Waals surface area contributed by atoms with Gasteiger partial charge in [0.15, 0.2) is 0 Å². The zero-order valence-electron chi connectivity index (χ0n) is 16.3. The van der Waals surface area contributed by atoms with Gasteiger partial charge in [-0.3, -0.25) is 4.79 Å². The molecule has 0 bridgehead atoms. The number of thiophene rings is 1. The zero-order valence-corrected chi connectivity index (χ0v) is 17.2. The van der Waals surface area contributed by atoms with Crippen LogP contribution in [0.5, 0.6) is 0 Å². The summed E-state index contributed by atoms with van der Waals surface area (Å²) in [6.45, 7) is 2.75. The van der Waals surface area contributed by atoms with Crippen molar-refractivity contribution >= 4 is 28.1 Å². The summed E-state index contributed by atoms with van der Waals surface area (Å²) in [5.41, 5.74) is 4.85. The fraction of sp³-hybridized carbons (Fsp3) is 0.136. The Balaban J connectivity index is 1.51. The molecule has 0 aliphatic rings. The van der Waals surface area contributed by atoms with E-state index in [9.17, 15) is 4.79 Å². The van der Waals surface area contributed by atoms with E-state index >= 15 is 0 Å². The number of fused-ring (bicyclic) bond motifs is 1. The van der Waals surface area contributed by atoms with Crippen molar-refractivity contribution in [2.24, 2.45) is 0 Å². The number of pyridine rings is 1. The van der Waals surface area contributed by atoms with Crippen LogP contribution in [0.15, 0.2) is 65.4 Å². The lowest BCUT2D eigenvalue weighted by Gasteiger charge is -2.09. The molecule has 4 aromatic heterocycles.